The van der Waals surface area contributed by atoms with Gasteiger partial charge >= 0.3 is 10.1 Å². The summed E-state index contributed by atoms with van der Waals surface area (Å²) in [6, 6.07) is 8.07. The molecule has 0 saturated heterocycles. The summed E-state index contributed by atoms with van der Waals surface area (Å²) in [4.78, 5) is 0. The topological polar surface area (TPSA) is 0 Å². The molecule has 0 spiro atoms. The van der Waals surface area contributed by atoms with Gasteiger partial charge in [-0.2, -0.15) is 0 Å². The van der Waals surface area contributed by atoms with Crippen LogP contribution in [0.4, 0.5) is 0 Å². The van der Waals surface area contributed by atoms with Crippen molar-refractivity contribution >= 4 is 22.3 Å². The molecule has 0 aromatic heterocycles. The molecule has 0 N–H and O–H groups in total. The molecule has 0 aliphatic carbocycles. The first kappa shape index (κ1) is 9.87. The predicted octanol–water partition coefficient (Wildman–Crippen LogP) is 2.82. The molecule has 0 radical (unpaired) electrons. The third kappa shape index (κ3) is 2.53. The van der Waals surface area contributed by atoms with Crippen molar-refractivity contribution < 1.29 is 2.85 Å². The molecule has 1 aromatic carbocycles. The molecule has 0 aliphatic heterocycles. The fourth-order valence-electron chi connectivity index (χ4n) is 0.768. The van der Waals surface area contributed by atoms with Crippen molar-refractivity contribution in [1.29, 1.82) is 0 Å². The van der Waals surface area contributed by atoms with E-state index in [9.17, 15) is 0 Å². The Morgan fingerprint density at radius 1 is 0.909 bits per heavy atom. The van der Waals surface area contributed by atoms with Crippen molar-refractivity contribution in [2.75, 3.05) is 0 Å². The Labute approximate surface area is 74.4 Å². The summed E-state index contributed by atoms with van der Waals surface area (Å²) in [6.45, 7) is 7.32. The number of benzene rings is 1. The van der Waals surface area contributed by atoms with Gasteiger partial charge in [0.1, 0.15) is 0 Å². The van der Waals surface area contributed by atoms with Gasteiger partial charge in [0.05, 0.1) is 0 Å². The third-order valence-electron chi connectivity index (χ3n) is 1.41. The second-order valence-corrected chi connectivity index (χ2v) is 2.07. The monoisotopic (exact) mass is 141 g/mol. The molecule has 1 aromatic rings. The minimum atomic E-state index is 0. The summed E-state index contributed by atoms with van der Waals surface area (Å²) in [6.07, 6.45) is 3.65. The largest absolute Gasteiger partial charge is 2.00 e. The summed E-state index contributed by atoms with van der Waals surface area (Å²) < 4.78 is 0. The molecule has 54 valence electrons. The van der Waals surface area contributed by atoms with Crippen LogP contribution in [-0.2, 0) is 0 Å². The van der Waals surface area contributed by atoms with Crippen LogP contribution >= 0.6 is 0 Å². The summed E-state index contributed by atoms with van der Waals surface area (Å²) >= 11 is 0. The van der Waals surface area contributed by atoms with Crippen LogP contribution in [0.3, 0.4) is 0 Å². The van der Waals surface area contributed by atoms with Gasteiger partial charge in [-0.25, -0.2) is 0 Å². The summed E-state index contributed by atoms with van der Waals surface area (Å²) in [5, 5.41) is 0. The second-order valence-electron chi connectivity index (χ2n) is 2.07. The zero-order valence-corrected chi connectivity index (χ0v) is 6.59. The van der Waals surface area contributed by atoms with Crippen molar-refractivity contribution in [2.24, 2.45) is 0 Å². The predicted molar refractivity (Wildman–Crippen MR) is 54.6 cm³/mol. The molecule has 1 heteroatoms. The van der Waals surface area contributed by atoms with Gasteiger partial charge in [0.2, 0.25) is 0 Å². The molecule has 0 heterocycles. The van der Waals surface area contributed by atoms with Gasteiger partial charge in [-0.05, 0) is 11.1 Å². The van der Waals surface area contributed by atoms with E-state index in [1.807, 2.05) is 36.4 Å². The first-order valence-electron chi connectivity index (χ1n) is 3.22. The fraction of sp³-hybridized carbons (Fsp3) is 0. The maximum absolute atomic E-state index is 3.66. The second kappa shape index (κ2) is 4.65. The Morgan fingerprint density at radius 2 is 1.18 bits per heavy atom. The quantitative estimate of drug-likeness (QED) is 0.555. The Bertz CT molecular complexity index is 215. The van der Waals surface area contributed by atoms with Gasteiger partial charge in [-0.15, -0.1) is 0 Å². The average molecular weight is 141 g/mol. The van der Waals surface area contributed by atoms with Gasteiger partial charge in [0.25, 0.3) is 0 Å². The Balaban J connectivity index is -0.000000333. The SMILES string of the molecule is C=Cc1ccc(C=C)cc1.[Be+2].[H-].[H-]. The molecule has 0 saturated carbocycles. The van der Waals surface area contributed by atoms with E-state index in [2.05, 4.69) is 13.2 Å². The minimum Gasteiger partial charge on any atom is -1.00 e. The molecule has 1 rings (SSSR count). The first-order valence-corrected chi connectivity index (χ1v) is 3.22. The number of hydrogen-bond acceptors (Lipinski definition) is 0. The first-order chi connectivity index (χ1) is 4.86. The van der Waals surface area contributed by atoms with Gasteiger partial charge in [0.15, 0.2) is 0 Å². The van der Waals surface area contributed by atoms with Crippen LogP contribution in [0.2, 0.25) is 0 Å². The van der Waals surface area contributed by atoms with E-state index in [1.165, 1.54) is 0 Å². The average Bonchev–Trinajstić information content (AvgIpc) is 2.05. The molecule has 11 heavy (non-hydrogen) atoms. The van der Waals surface area contributed by atoms with Gasteiger partial charge in [-0.1, -0.05) is 49.6 Å². The van der Waals surface area contributed by atoms with Gasteiger partial charge in [0, 0.05) is 0 Å². The van der Waals surface area contributed by atoms with Crippen molar-refractivity contribution in [3.8, 4) is 0 Å². The van der Waals surface area contributed by atoms with E-state index in [0.29, 0.717) is 0 Å². The van der Waals surface area contributed by atoms with Gasteiger partial charge < -0.3 is 2.85 Å². The van der Waals surface area contributed by atoms with Crippen LogP contribution in [0.5, 0.6) is 0 Å². The van der Waals surface area contributed by atoms with Crippen LogP contribution in [0.25, 0.3) is 12.2 Å². The van der Waals surface area contributed by atoms with Crippen LogP contribution in [0.1, 0.15) is 14.0 Å². The zero-order valence-electron chi connectivity index (χ0n) is 8.59. The molecule has 0 unspecified atom stereocenters. The molecular formula is C10H12Be. The Hall–Kier alpha value is -1.13. The molecule has 0 amide bonds. The molecule has 0 atom stereocenters. The zero-order chi connectivity index (χ0) is 7.40. The van der Waals surface area contributed by atoms with Crippen LogP contribution in [0, 0.1) is 0 Å². The van der Waals surface area contributed by atoms with Crippen molar-refractivity contribution in [2.45, 2.75) is 0 Å². The van der Waals surface area contributed by atoms with Crippen molar-refractivity contribution in [3.63, 3.8) is 0 Å². The normalized spacial score (nSPS) is 8.00. The summed E-state index contributed by atoms with van der Waals surface area (Å²) in [5.41, 5.74) is 2.29. The molecule has 0 nitrogen and oxygen atoms in total. The van der Waals surface area contributed by atoms with Crippen LogP contribution in [-0.4, -0.2) is 10.1 Å². The standard InChI is InChI=1S/C10H10.Be.2H/c1-3-9-5-7-10(4-2)8-6-9;;;/h3-8H,1-2H2;;;/q;+2;2*-1. The van der Waals surface area contributed by atoms with Crippen LogP contribution in [0.15, 0.2) is 37.4 Å². The summed E-state index contributed by atoms with van der Waals surface area (Å²) in [7, 11) is 0. The molecule has 0 aliphatic rings. The third-order valence-corrected chi connectivity index (χ3v) is 1.41. The van der Waals surface area contributed by atoms with E-state index in [4.69, 9.17) is 0 Å². The Morgan fingerprint density at radius 3 is 1.36 bits per heavy atom. The number of hydrogen-bond donors (Lipinski definition) is 0. The van der Waals surface area contributed by atoms with E-state index in [0.717, 1.165) is 11.1 Å². The smallest absolute Gasteiger partial charge is 1.00 e. The van der Waals surface area contributed by atoms with E-state index in [-0.39, 0.29) is 13.0 Å². The van der Waals surface area contributed by atoms with E-state index >= 15 is 0 Å². The molecular weight excluding hydrogens is 129 g/mol. The van der Waals surface area contributed by atoms with Crippen LogP contribution < -0.4 is 0 Å². The van der Waals surface area contributed by atoms with Crippen molar-refractivity contribution in [3.05, 3.63) is 48.6 Å². The maximum atomic E-state index is 3.66. The van der Waals surface area contributed by atoms with Crippen molar-refractivity contribution in [1.82, 2.24) is 0 Å². The van der Waals surface area contributed by atoms with E-state index in [1.54, 1.807) is 0 Å². The molecule has 0 fully saturated rings. The van der Waals surface area contributed by atoms with Gasteiger partial charge in [-0.3, -0.25) is 0 Å². The summed E-state index contributed by atoms with van der Waals surface area (Å²) in [5.74, 6) is 0. The minimum absolute atomic E-state index is 0. The number of rotatable bonds is 2. The molecule has 0 bridgehead atoms. The Kier molecular flexibility index (Phi) is 4.17. The maximum Gasteiger partial charge on any atom is 2.00 e. The van der Waals surface area contributed by atoms with E-state index < -0.39 is 0 Å². The fourth-order valence-corrected chi connectivity index (χ4v) is 0.768.